The summed E-state index contributed by atoms with van der Waals surface area (Å²) in [5.74, 6) is -2.59. The molecular weight excluding hydrogens is 380 g/mol. The van der Waals surface area contributed by atoms with Gasteiger partial charge in [-0.3, -0.25) is 19.3 Å². The maximum absolute atomic E-state index is 12.4. The molecule has 1 aromatic heterocycles. The molecule has 26 heavy (non-hydrogen) atoms. The number of ether oxygens (including phenoxy) is 1. The lowest BCUT2D eigenvalue weighted by atomic mass is 10.0. The summed E-state index contributed by atoms with van der Waals surface area (Å²) in [5, 5.41) is 15.5. The number of fused-ring (bicyclic) bond motifs is 1. The van der Waals surface area contributed by atoms with Crippen LogP contribution in [0.15, 0.2) is 28.8 Å². The average Bonchev–Trinajstić information content (AvgIpc) is 3.09. The first-order valence-corrected chi connectivity index (χ1v) is 9.64. The lowest BCUT2D eigenvalue weighted by Gasteiger charge is -2.50. The van der Waals surface area contributed by atoms with E-state index >= 15 is 0 Å². The second-order valence-corrected chi connectivity index (χ2v) is 7.87. The molecule has 0 spiro atoms. The second-order valence-electron chi connectivity index (χ2n) is 5.73. The van der Waals surface area contributed by atoms with Crippen LogP contribution in [-0.4, -0.2) is 52.4 Å². The van der Waals surface area contributed by atoms with Gasteiger partial charge in [-0.2, -0.15) is 0 Å². The monoisotopic (exact) mass is 395 g/mol. The molecule has 0 radical (unpaired) electrons. The third-order valence-corrected chi connectivity index (χ3v) is 6.14. The second kappa shape index (κ2) is 7.50. The number of rotatable bonds is 6. The van der Waals surface area contributed by atoms with Crippen LogP contribution in [0.25, 0.3) is 0 Å². The van der Waals surface area contributed by atoms with E-state index in [1.807, 2.05) is 17.5 Å². The Balaban J connectivity index is 1.69. The highest BCUT2D eigenvalue weighted by Gasteiger charge is 2.52. The number of amides is 2. The van der Waals surface area contributed by atoms with E-state index in [0.29, 0.717) is 5.57 Å². The number of hydrogen-bond acceptors (Lipinski definition) is 8. The van der Waals surface area contributed by atoms with E-state index in [9.17, 15) is 24.3 Å². The molecule has 0 aromatic carbocycles. The van der Waals surface area contributed by atoms with Crippen molar-refractivity contribution in [2.24, 2.45) is 0 Å². The van der Waals surface area contributed by atoms with Crippen molar-refractivity contribution in [1.82, 2.24) is 10.2 Å². The molecule has 1 aromatic rings. The molecule has 2 aliphatic heterocycles. The lowest BCUT2D eigenvalue weighted by molar-refractivity contribution is -0.301. The molecule has 2 atom stereocenters. The van der Waals surface area contributed by atoms with Crippen molar-refractivity contribution in [3.8, 4) is 0 Å². The normalized spacial score (nSPS) is 21.7. The molecule has 2 aliphatic rings. The van der Waals surface area contributed by atoms with Crippen LogP contribution in [-0.2, 0) is 30.3 Å². The van der Waals surface area contributed by atoms with Gasteiger partial charge in [0.2, 0.25) is 5.91 Å². The van der Waals surface area contributed by atoms with E-state index in [1.54, 1.807) is 0 Å². The number of thiophene rings is 1. The number of carboxylic acids is 1. The van der Waals surface area contributed by atoms with Gasteiger partial charge < -0.3 is 20.0 Å². The number of nitrogens with zero attached hydrogens (tertiary/aromatic N) is 1. The third-order valence-electron chi connectivity index (χ3n) is 3.92. The van der Waals surface area contributed by atoms with Crippen molar-refractivity contribution in [2.75, 3.05) is 12.4 Å². The van der Waals surface area contributed by atoms with Crippen molar-refractivity contribution in [1.29, 1.82) is 0 Å². The molecule has 8 nitrogen and oxygen atoms in total. The number of carbonyl (C=O) groups is 4. The van der Waals surface area contributed by atoms with Crippen molar-refractivity contribution in [2.45, 2.75) is 24.8 Å². The number of hydrogen-bond donors (Lipinski definition) is 1. The van der Waals surface area contributed by atoms with Crippen LogP contribution >= 0.6 is 23.1 Å². The molecule has 1 fully saturated rings. The van der Waals surface area contributed by atoms with Gasteiger partial charge in [0, 0.05) is 23.1 Å². The molecule has 3 heterocycles. The van der Waals surface area contributed by atoms with Crippen molar-refractivity contribution in [3.05, 3.63) is 33.7 Å². The first-order valence-electron chi connectivity index (χ1n) is 7.71. The number of carboxylic acid groups (broad SMARTS) is 1. The summed E-state index contributed by atoms with van der Waals surface area (Å²) >= 11 is 2.75. The first-order chi connectivity index (χ1) is 12.4. The predicted octanol–water partition coefficient (Wildman–Crippen LogP) is -0.742. The largest absolute Gasteiger partial charge is 0.543 e. The Morgan fingerprint density at radius 2 is 2.19 bits per heavy atom. The molecule has 10 heteroatoms. The number of β-lactam (4-membered cyclic amide) rings is 1. The van der Waals surface area contributed by atoms with Gasteiger partial charge in [-0.25, -0.2) is 0 Å². The molecule has 0 aliphatic carbocycles. The van der Waals surface area contributed by atoms with E-state index in [-0.39, 0.29) is 30.4 Å². The Labute approximate surface area is 157 Å². The standard InChI is InChI=1S/C16H16N2O6S2/c1-8(19)24-6-9-7-26-15-12(14(21)18(15)13(9)16(22)23)17-11(20)5-10-3-2-4-25-10/h2-4,12,15H,5-7H2,1H3,(H,17,20)(H,22,23)/p-1/t12-,15?/m1/s1. The summed E-state index contributed by atoms with van der Waals surface area (Å²) in [6.45, 7) is 1.00. The zero-order valence-corrected chi connectivity index (χ0v) is 15.4. The van der Waals surface area contributed by atoms with Gasteiger partial charge in [-0.15, -0.1) is 23.1 Å². The predicted molar refractivity (Wildman–Crippen MR) is 91.7 cm³/mol. The van der Waals surface area contributed by atoms with Gasteiger partial charge in [0.05, 0.1) is 18.1 Å². The summed E-state index contributed by atoms with van der Waals surface area (Å²) < 4.78 is 4.85. The highest BCUT2D eigenvalue weighted by molar-refractivity contribution is 8.00. The van der Waals surface area contributed by atoms with Crippen molar-refractivity contribution in [3.63, 3.8) is 0 Å². The molecule has 2 amide bonds. The van der Waals surface area contributed by atoms with E-state index < -0.39 is 29.3 Å². The third kappa shape index (κ3) is 3.61. The maximum Gasteiger partial charge on any atom is 0.302 e. The number of aliphatic carboxylic acids is 1. The minimum Gasteiger partial charge on any atom is -0.543 e. The fraction of sp³-hybridized carbons (Fsp3) is 0.375. The summed E-state index contributed by atoms with van der Waals surface area (Å²) in [4.78, 5) is 48.9. The average molecular weight is 395 g/mol. The summed E-state index contributed by atoms with van der Waals surface area (Å²) in [6.07, 6.45) is 0.166. The minimum absolute atomic E-state index is 0.166. The molecule has 138 valence electrons. The van der Waals surface area contributed by atoms with Gasteiger partial charge in [-0.05, 0) is 11.4 Å². The van der Waals surface area contributed by atoms with Gasteiger partial charge >= 0.3 is 5.97 Å². The summed E-state index contributed by atoms with van der Waals surface area (Å²) in [6, 6.07) is 2.88. The molecule has 3 rings (SSSR count). The lowest BCUT2D eigenvalue weighted by Crippen LogP contribution is -2.71. The Morgan fingerprint density at radius 1 is 1.42 bits per heavy atom. The smallest absolute Gasteiger partial charge is 0.302 e. The molecule has 1 N–H and O–H groups in total. The number of nitrogens with one attached hydrogen (secondary N) is 1. The summed E-state index contributed by atoms with van der Waals surface area (Å²) in [7, 11) is 0. The SMILES string of the molecule is CC(=O)OCC1=C(C(=O)[O-])N2C(=O)[C@@H](NC(=O)Cc3cccs3)C2SC1. The van der Waals surface area contributed by atoms with E-state index in [1.165, 1.54) is 30.0 Å². The van der Waals surface area contributed by atoms with Gasteiger partial charge in [0.1, 0.15) is 18.0 Å². The molecule has 0 bridgehead atoms. The van der Waals surface area contributed by atoms with Crippen LogP contribution in [0.1, 0.15) is 11.8 Å². The molecule has 0 saturated carbocycles. The van der Waals surface area contributed by atoms with E-state index in [4.69, 9.17) is 4.74 Å². The quantitative estimate of drug-likeness (QED) is 0.498. The fourth-order valence-corrected chi connectivity index (χ4v) is 4.80. The Kier molecular flexibility index (Phi) is 5.33. The Morgan fingerprint density at radius 3 is 2.81 bits per heavy atom. The van der Waals surface area contributed by atoms with Crippen LogP contribution in [0, 0.1) is 0 Å². The van der Waals surface area contributed by atoms with Crippen LogP contribution in [0.3, 0.4) is 0 Å². The van der Waals surface area contributed by atoms with Gasteiger partial charge in [0.15, 0.2) is 0 Å². The highest BCUT2D eigenvalue weighted by atomic mass is 32.2. The summed E-state index contributed by atoms with van der Waals surface area (Å²) in [5.41, 5.74) is 0.0296. The van der Waals surface area contributed by atoms with E-state index in [0.717, 1.165) is 9.78 Å². The van der Waals surface area contributed by atoms with Crippen LogP contribution in [0.5, 0.6) is 0 Å². The highest BCUT2D eigenvalue weighted by Crippen LogP contribution is 2.40. The maximum atomic E-state index is 12.4. The Bertz CT molecular complexity index is 789. The number of carbonyl (C=O) groups excluding carboxylic acids is 4. The van der Waals surface area contributed by atoms with Crippen LogP contribution in [0.4, 0.5) is 0 Å². The topological polar surface area (TPSA) is 116 Å². The van der Waals surface area contributed by atoms with Crippen molar-refractivity contribution >= 4 is 46.9 Å². The molecule has 1 saturated heterocycles. The number of thioether (sulfide) groups is 1. The number of esters is 1. The minimum atomic E-state index is -1.51. The van der Waals surface area contributed by atoms with Gasteiger partial charge in [0.25, 0.3) is 5.91 Å². The fourth-order valence-electron chi connectivity index (χ4n) is 2.77. The van der Waals surface area contributed by atoms with Crippen LogP contribution < -0.4 is 10.4 Å². The molecular formula is C16H15N2O6S2-. The molecule has 1 unspecified atom stereocenters. The zero-order valence-electron chi connectivity index (χ0n) is 13.7. The zero-order chi connectivity index (χ0) is 18.8. The van der Waals surface area contributed by atoms with Gasteiger partial charge in [-0.1, -0.05) is 6.07 Å². The van der Waals surface area contributed by atoms with E-state index in [2.05, 4.69) is 5.32 Å². The Hall–Kier alpha value is -2.33. The van der Waals surface area contributed by atoms with Crippen molar-refractivity contribution < 1.29 is 29.0 Å². The first kappa shape index (κ1) is 18.5. The van der Waals surface area contributed by atoms with Crippen LogP contribution in [0.2, 0.25) is 0 Å².